The Morgan fingerprint density at radius 2 is 1.87 bits per heavy atom. The van der Waals surface area contributed by atoms with Crippen LogP contribution in [-0.4, -0.2) is 31.2 Å². The van der Waals surface area contributed by atoms with Crippen LogP contribution in [0.4, 0.5) is 14.5 Å². The van der Waals surface area contributed by atoms with Gasteiger partial charge in [-0.3, -0.25) is 9.89 Å². The molecule has 0 aliphatic carbocycles. The largest absolute Gasteiger partial charge is 0.339 e. The summed E-state index contributed by atoms with van der Waals surface area (Å²) in [5, 5.41) is 13.9. The first-order valence-corrected chi connectivity index (χ1v) is 10.2. The minimum atomic E-state index is -0.767. The molecule has 0 radical (unpaired) electrons. The number of hydrogen-bond donors (Lipinski definition) is 2. The van der Waals surface area contributed by atoms with E-state index < -0.39 is 17.5 Å². The molecule has 31 heavy (non-hydrogen) atoms. The first kappa shape index (κ1) is 20.7. The van der Waals surface area contributed by atoms with Gasteiger partial charge in [-0.25, -0.2) is 13.8 Å². The summed E-state index contributed by atoms with van der Waals surface area (Å²) in [5.74, 6) is -0.165. The van der Waals surface area contributed by atoms with Crippen molar-refractivity contribution in [2.45, 2.75) is 23.8 Å². The monoisotopic (exact) mass is 442 g/mol. The SMILES string of the molecule is O=C(CCc1nc(CSc2n[nH]c(-c3ccccc3)n2)no1)Nc1cc(F)cc(F)c1. The van der Waals surface area contributed by atoms with Crippen LogP contribution in [-0.2, 0) is 17.0 Å². The van der Waals surface area contributed by atoms with Gasteiger partial charge in [0.05, 0.1) is 5.75 Å². The highest BCUT2D eigenvalue weighted by Crippen LogP contribution is 2.21. The van der Waals surface area contributed by atoms with Gasteiger partial charge < -0.3 is 9.84 Å². The molecule has 158 valence electrons. The van der Waals surface area contributed by atoms with Gasteiger partial charge in [0.25, 0.3) is 0 Å². The zero-order chi connectivity index (χ0) is 21.6. The van der Waals surface area contributed by atoms with E-state index in [-0.39, 0.29) is 24.4 Å². The lowest BCUT2D eigenvalue weighted by atomic mass is 10.2. The number of amides is 1. The molecule has 4 rings (SSSR count). The lowest BCUT2D eigenvalue weighted by Gasteiger charge is -2.04. The second kappa shape index (κ2) is 9.47. The number of anilines is 1. The Hall–Kier alpha value is -3.60. The maximum Gasteiger partial charge on any atom is 0.227 e. The van der Waals surface area contributed by atoms with Crippen molar-refractivity contribution >= 4 is 23.4 Å². The van der Waals surface area contributed by atoms with Gasteiger partial charge in [-0.05, 0) is 12.1 Å². The molecule has 2 aromatic carbocycles. The maximum atomic E-state index is 13.2. The van der Waals surface area contributed by atoms with E-state index >= 15 is 0 Å². The van der Waals surface area contributed by atoms with Gasteiger partial charge in [-0.1, -0.05) is 47.3 Å². The topological polar surface area (TPSA) is 110 Å². The first-order chi connectivity index (χ1) is 15.0. The predicted octanol–water partition coefficient (Wildman–Crippen LogP) is 4.00. The van der Waals surface area contributed by atoms with E-state index in [4.69, 9.17) is 4.52 Å². The van der Waals surface area contributed by atoms with Crippen molar-refractivity contribution in [3.05, 3.63) is 71.9 Å². The number of thioether (sulfide) groups is 1. The number of nitrogens with zero attached hydrogens (tertiary/aromatic N) is 4. The predicted molar refractivity (Wildman–Crippen MR) is 109 cm³/mol. The van der Waals surface area contributed by atoms with Crippen molar-refractivity contribution < 1.29 is 18.1 Å². The quantitative estimate of drug-likeness (QED) is 0.397. The lowest BCUT2D eigenvalue weighted by Crippen LogP contribution is -2.12. The zero-order valence-electron chi connectivity index (χ0n) is 16.0. The minimum absolute atomic E-state index is 0.0221. The molecule has 0 fully saturated rings. The fourth-order valence-corrected chi connectivity index (χ4v) is 3.33. The van der Waals surface area contributed by atoms with Gasteiger partial charge in [0.15, 0.2) is 11.6 Å². The summed E-state index contributed by atoms with van der Waals surface area (Å²) in [7, 11) is 0. The molecule has 11 heteroatoms. The second-order valence-electron chi connectivity index (χ2n) is 6.43. The molecule has 1 amide bonds. The lowest BCUT2D eigenvalue weighted by molar-refractivity contribution is -0.116. The van der Waals surface area contributed by atoms with E-state index in [0.717, 1.165) is 23.8 Å². The van der Waals surface area contributed by atoms with E-state index in [2.05, 4.69) is 30.6 Å². The fraction of sp³-hybridized carbons (Fsp3) is 0.150. The average molecular weight is 442 g/mol. The number of rotatable bonds is 8. The molecule has 0 spiro atoms. The van der Waals surface area contributed by atoms with Crippen LogP contribution in [0, 0.1) is 11.6 Å². The van der Waals surface area contributed by atoms with Crippen LogP contribution in [0.5, 0.6) is 0 Å². The van der Waals surface area contributed by atoms with E-state index in [1.54, 1.807) is 0 Å². The van der Waals surface area contributed by atoms with E-state index in [1.165, 1.54) is 11.8 Å². The molecule has 0 bridgehead atoms. The normalized spacial score (nSPS) is 10.9. The van der Waals surface area contributed by atoms with Crippen molar-refractivity contribution in [3.63, 3.8) is 0 Å². The van der Waals surface area contributed by atoms with Crippen LogP contribution >= 0.6 is 11.8 Å². The average Bonchev–Trinajstić information content (AvgIpc) is 3.40. The summed E-state index contributed by atoms with van der Waals surface area (Å²) >= 11 is 1.34. The zero-order valence-corrected chi connectivity index (χ0v) is 16.8. The maximum absolute atomic E-state index is 13.2. The van der Waals surface area contributed by atoms with Crippen LogP contribution < -0.4 is 5.32 Å². The fourth-order valence-electron chi connectivity index (χ4n) is 2.69. The Balaban J connectivity index is 1.26. The number of carbonyl (C=O) groups excluding carboxylic acids is 1. The highest BCUT2D eigenvalue weighted by atomic mass is 32.2. The summed E-state index contributed by atoms with van der Waals surface area (Å²) in [6.07, 6.45) is 0.217. The molecular weight excluding hydrogens is 426 g/mol. The van der Waals surface area contributed by atoms with Crippen molar-refractivity contribution in [3.8, 4) is 11.4 Å². The molecule has 2 N–H and O–H groups in total. The molecular formula is C20H16F2N6O2S. The van der Waals surface area contributed by atoms with E-state index in [0.29, 0.717) is 22.6 Å². The Morgan fingerprint density at radius 1 is 1.10 bits per heavy atom. The van der Waals surface area contributed by atoms with Gasteiger partial charge >= 0.3 is 0 Å². The third-order valence-corrected chi connectivity index (χ3v) is 4.91. The Labute approximate surface area is 179 Å². The molecule has 2 aromatic heterocycles. The van der Waals surface area contributed by atoms with Crippen molar-refractivity contribution in [2.24, 2.45) is 0 Å². The summed E-state index contributed by atoms with van der Waals surface area (Å²) in [6.45, 7) is 0. The summed E-state index contributed by atoms with van der Waals surface area (Å²) in [4.78, 5) is 20.6. The summed E-state index contributed by atoms with van der Waals surface area (Å²) < 4.78 is 31.5. The molecule has 8 nitrogen and oxygen atoms in total. The van der Waals surface area contributed by atoms with Crippen molar-refractivity contribution in [1.29, 1.82) is 0 Å². The van der Waals surface area contributed by atoms with Crippen LogP contribution in [0.25, 0.3) is 11.4 Å². The molecule has 0 unspecified atom stereocenters. The van der Waals surface area contributed by atoms with E-state index in [9.17, 15) is 13.6 Å². The molecule has 4 aromatic rings. The van der Waals surface area contributed by atoms with Gasteiger partial charge in [0.1, 0.15) is 11.6 Å². The number of hydrogen-bond acceptors (Lipinski definition) is 7. The molecule has 0 aliphatic rings. The van der Waals surface area contributed by atoms with Crippen LogP contribution in [0.15, 0.2) is 58.2 Å². The van der Waals surface area contributed by atoms with Gasteiger partial charge in [-0.15, -0.1) is 5.10 Å². The number of carbonyl (C=O) groups is 1. The van der Waals surface area contributed by atoms with Gasteiger partial charge in [0.2, 0.25) is 17.0 Å². The van der Waals surface area contributed by atoms with Crippen molar-refractivity contribution in [2.75, 3.05) is 5.32 Å². The highest BCUT2D eigenvalue weighted by molar-refractivity contribution is 7.98. The molecule has 0 saturated carbocycles. The Bertz CT molecular complexity index is 1160. The van der Waals surface area contributed by atoms with Crippen molar-refractivity contribution in [1.82, 2.24) is 25.3 Å². The molecule has 0 saturated heterocycles. The number of benzene rings is 2. The highest BCUT2D eigenvalue weighted by Gasteiger charge is 2.12. The second-order valence-corrected chi connectivity index (χ2v) is 7.37. The number of halogens is 2. The standard InChI is InChI=1S/C20H16F2N6O2S/c21-13-8-14(22)10-15(9-13)23-17(29)6-7-18-24-16(28-30-18)11-31-20-25-19(26-27-20)12-4-2-1-3-5-12/h1-5,8-10H,6-7,11H2,(H,23,29)(H,25,26,27). The van der Waals surface area contributed by atoms with Gasteiger partial charge in [-0.2, -0.15) is 4.98 Å². The number of H-pyrrole nitrogens is 1. The summed E-state index contributed by atoms with van der Waals surface area (Å²) in [6, 6.07) is 12.4. The number of aromatic nitrogens is 5. The molecule has 2 heterocycles. The number of nitrogens with one attached hydrogen (secondary N) is 2. The van der Waals surface area contributed by atoms with Crippen LogP contribution in [0.3, 0.4) is 0 Å². The molecule has 0 atom stereocenters. The Morgan fingerprint density at radius 3 is 2.65 bits per heavy atom. The number of aromatic amines is 1. The molecule has 0 aliphatic heterocycles. The minimum Gasteiger partial charge on any atom is -0.339 e. The third kappa shape index (κ3) is 5.72. The Kier molecular flexibility index (Phi) is 6.32. The number of aryl methyl sites for hydroxylation is 1. The third-order valence-electron chi connectivity index (χ3n) is 4.06. The van der Waals surface area contributed by atoms with Crippen LogP contribution in [0.1, 0.15) is 18.1 Å². The summed E-state index contributed by atoms with van der Waals surface area (Å²) in [5.41, 5.74) is 0.981. The van der Waals surface area contributed by atoms with Gasteiger partial charge in [0, 0.05) is 30.2 Å². The first-order valence-electron chi connectivity index (χ1n) is 9.23. The van der Waals surface area contributed by atoms with E-state index in [1.807, 2.05) is 30.3 Å². The van der Waals surface area contributed by atoms with Crippen LogP contribution in [0.2, 0.25) is 0 Å². The smallest absolute Gasteiger partial charge is 0.227 e.